The highest BCUT2D eigenvalue weighted by atomic mass is 32.1. The third kappa shape index (κ3) is 3.13. The third-order valence-corrected chi connectivity index (χ3v) is 4.44. The molecule has 2 N–H and O–H groups in total. The molecule has 0 bridgehead atoms. The highest BCUT2D eigenvalue weighted by Gasteiger charge is 2.16. The fourth-order valence-corrected chi connectivity index (χ4v) is 3.22. The van der Waals surface area contributed by atoms with Gasteiger partial charge in [0.15, 0.2) is 0 Å². The second-order valence-corrected chi connectivity index (χ2v) is 5.97. The summed E-state index contributed by atoms with van der Waals surface area (Å²) >= 11 is 1.63. The van der Waals surface area contributed by atoms with Gasteiger partial charge in [0.1, 0.15) is 0 Å². The van der Waals surface area contributed by atoms with Crippen molar-refractivity contribution < 1.29 is 0 Å². The second kappa shape index (κ2) is 6.35. The molecule has 2 aromatic carbocycles. The summed E-state index contributed by atoms with van der Waals surface area (Å²) in [5.74, 6) is 0. The van der Waals surface area contributed by atoms with Crippen molar-refractivity contribution in [2.75, 3.05) is 13.6 Å². The summed E-state index contributed by atoms with van der Waals surface area (Å²) in [6.07, 6.45) is 0. The summed E-state index contributed by atoms with van der Waals surface area (Å²) in [4.78, 5) is 6.62. The van der Waals surface area contributed by atoms with Crippen LogP contribution >= 0.6 is 11.3 Å². The molecule has 0 spiro atoms. The average Bonchev–Trinajstić information content (AvgIpc) is 3.01. The molecule has 108 valence electrons. The fourth-order valence-electron chi connectivity index (χ4n) is 2.67. The van der Waals surface area contributed by atoms with E-state index in [1.54, 1.807) is 11.3 Å². The maximum atomic E-state index is 6.02. The third-order valence-electron chi connectivity index (χ3n) is 3.81. The highest BCUT2D eigenvalue weighted by Crippen LogP contribution is 2.24. The van der Waals surface area contributed by atoms with Crippen LogP contribution in [-0.2, 0) is 6.54 Å². The maximum absolute atomic E-state index is 6.02. The van der Waals surface area contributed by atoms with E-state index >= 15 is 0 Å². The first kappa shape index (κ1) is 14.2. The summed E-state index contributed by atoms with van der Waals surface area (Å²) in [6, 6.07) is 15.2. The van der Waals surface area contributed by atoms with Crippen molar-refractivity contribution >= 4 is 22.1 Å². The lowest BCUT2D eigenvalue weighted by Crippen LogP contribution is -2.30. The number of nitrogens with zero attached hydrogens (tertiary/aromatic N) is 2. The van der Waals surface area contributed by atoms with Gasteiger partial charge >= 0.3 is 0 Å². The molecule has 4 heteroatoms. The Balaban J connectivity index is 1.86. The molecule has 1 atom stereocenters. The Hall–Kier alpha value is -1.75. The molecule has 0 radical (unpaired) electrons. The molecule has 1 aromatic heterocycles. The largest absolute Gasteiger partial charge is 0.329 e. The molecule has 0 amide bonds. The van der Waals surface area contributed by atoms with E-state index < -0.39 is 0 Å². The Morgan fingerprint density at radius 3 is 2.71 bits per heavy atom. The topological polar surface area (TPSA) is 42.2 Å². The quantitative estimate of drug-likeness (QED) is 0.784. The van der Waals surface area contributed by atoms with E-state index in [1.807, 2.05) is 5.51 Å². The first-order valence-corrected chi connectivity index (χ1v) is 7.98. The van der Waals surface area contributed by atoms with Crippen LogP contribution < -0.4 is 5.73 Å². The average molecular weight is 297 g/mol. The van der Waals surface area contributed by atoms with Gasteiger partial charge in [0.05, 0.1) is 11.2 Å². The van der Waals surface area contributed by atoms with Crippen molar-refractivity contribution in [3.8, 4) is 0 Å². The van der Waals surface area contributed by atoms with E-state index in [9.17, 15) is 0 Å². The number of benzene rings is 2. The zero-order valence-electron chi connectivity index (χ0n) is 12.1. The highest BCUT2D eigenvalue weighted by molar-refractivity contribution is 7.07. The van der Waals surface area contributed by atoms with Crippen molar-refractivity contribution in [2.45, 2.75) is 12.6 Å². The Morgan fingerprint density at radius 2 is 2.00 bits per heavy atom. The van der Waals surface area contributed by atoms with Crippen LogP contribution in [0.1, 0.15) is 17.3 Å². The normalized spacial score (nSPS) is 12.9. The molecule has 1 unspecified atom stereocenters. The smallest absolute Gasteiger partial charge is 0.0795 e. The number of likely N-dealkylation sites (N-methyl/N-ethyl adjacent to an activating group) is 1. The van der Waals surface area contributed by atoms with Crippen LogP contribution in [0.25, 0.3) is 10.8 Å². The molecule has 0 fully saturated rings. The second-order valence-electron chi connectivity index (χ2n) is 5.25. The first-order chi connectivity index (χ1) is 10.3. The number of nitrogens with two attached hydrogens (primary N) is 1. The summed E-state index contributed by atoms with van der Waals surface area (Å²) in [5.41, 5.74) is 10.2. The molecule has 3 rings (SSSR count). The van der Waals surface area contributed by atoms with E-state index in [0.29, 0.717) is 6.54 Å². The van der Waals surface area contributed by atoms with Gasteiger partial charge < -0.3 is 5.73 Å². The number of aromatic nitrogens is 1. The molecule has 21 heavy (non-hydrogen) atoms. The van der Waals surface area contributed by atoms with E-state index in [0.717, 1.165) is 12.2 Å². The monoisotopic (exact) mass is 297 g/mol. The van der Waals surface area contributed by atoms with Gasteiger partial charge in [-0.1, -0.05) is 36.4 Å². The van der Waals surface area contributed by atoms with E-state index in [-0.39, 0.29) is 6.04 Å². The number of hydrogen-bond acceptors (Lipinski definition) is 4. The first-order valence-electron chi connectivity index (χ1n) is 7.04. The Bertz CT molecular complexity index is 709. The van der Waals surface area contributed by atoms with Crippen LogP contribution in [0.4, 0.5) is 0 Å². The van der Waals surface area contributed by atoms with Crippen LogP contribution in [0.15, 0.2) is 53.4 Å². The lowest BCUT2D eigenvalue weighted by atomic mass is 10.0. The SMILES string of the molecule is CN(Cc1cscn1)C(CN)c1ccc2ccccc2c1. The lowest BCUT2D eigenvalue weighted by Gasteiger charge is -2.27. The summed E-state index contributed by atoms with van der Waals surface area (Å²) < 4.78 is 0. The standard InChI is InChI=1S/C17H19N3S/c1-20(10-16-11-21-12-19-16)17(9-18)15-7-6-13-4-2-3-5-14(13)8-15/h2-8,11-12,17H,9-10,18H2,1H3. The number of fused-ring (bicyclic) bond motifs is 1. The molecule has 0 saturated heterocycles. The van der Waals surface area contributed by atoms with Crippen molar-refractivity contribution in [1.82, 2.24) is 9.88 Å². The van der Waals surface area contributed by atoms with Crippen molar-refractivity contribution in [2.24, 2.45) is 5.73 Å². The van der Waals surface area contributed by atoms with Crippen molar-refractivity contribution in [1.29, 1.82) is 0 Å². The van der Waals surface area contributed by atoms with Crippen molar-refractivity contribution in [3.63, 3.8) is 0 Å². The predicted molar refractivity (Wildman–Crippen MR) is 89.3 cm³/mol. The molecule has 0 aliphatic rings. The van der Waals surface area contributed by atoms with Crippen LogP contribution in [0.2, 0.25) is 0 Å². The van der Waals surface area contributed by atoms with Gasteiger partial charge in [-0.05, 0) is 29.4 Å². The minimum Gasteiger partial charge on any atom is -0.329 e. The number of thiazole rings is 1. The van der Waals surface area contributed by atoms with Crippen molar-refractivity contribution in [3.05, 3.63) is 64.6 Å². The van der Waals surface area contributed by atoms with Crippen LogP contribution in [0, 0.1) is 0 Å². The minimum atomic E-state index is 0.205. The van der Waals surface area contributed by atoms with Crippen LogP contribution in [0.3, 0.4) is 0 Å². The Kier molecular flexibility index (Phi) is 4.29. The lowest BCUT2D eigenvalue weighted by molar-refractivity contribution is 0.239. The summed E-state index contributed by atoms with van der Waals surface area (Å²) in [5, 5.41) is 4.61. The van der Waals surface area contributed by atoms with Crippen LogP contribution in [-0.4, -0.2) is 23.5 Å². The van der Waals surface area contributed by atoms with Gasteiger partial charge in [-0.3, -0.25) is 4.90 Å². The molecule has 0 saturated carbocycles. The van der Waals surface area contributed by atoms with Gasteiger partial charge in [-0.2, -0.15) is 0 Å². The molecule has 0 aliphatic heterocycles. The van der Waals surface area contributed by atoms with Gasteiger partial charge in [-0.15, -0.1) is 11.3 Å². The van der Waals surface area contributed by atoms with Crippen LogP contribution in [0.5, 0.6) is 0 Å². The van der Waals surface area contributed by atoms with E-state index in [1.165, 1.54) is 16.3 Å². The molecular weight excluding hydrogens is 278 g/mol. The van der Waals surface area contributed by atoms with Gasteiger partial charge in [-0.25, -0.2) is 4.98 Å². The Morgan fingerprint density at radius 1 is 1.19 bits per heavy atom. The molecule has 0 aliphatic carbocycles. The summed E-state index contributed by atoms with van der Waals surface area (Å²) in [6.45, 7) is 1.41. The summed E-state index contributed by atoms with van der Waals surface area (Å²) in [7, 11) is 2.10. The fraction of sp³-hybridized carbons (Fsp3) is 0.235. The molecular formula is C17H19N3S. The predicted octanol–water partition coefficient (Wildman–Crippen LogP) is 3.43. The minimum absolute atomic E-state index is 0.205. The molecule has 3 aromatic rings. The molecule has 3 nitrogen and oxygen atoms in total. The zero-order chi connectivity index (χ0) is 14.7. The molecule has 1 heterocycles. The van der Waals surface area contributed by atoms with E-state index in [2.05, 4.69) is 64.8 Å². The number of hydrogen-bond donors (Lipinski definition) is 1. The zero-order valence-corrected chi connectivity index (χ0v) is 12.9. The van der Waals surface area contributed by atoms with Gasteiger partial charge in [0.2, 0.25) is 0 Å². The Labute approximate surface area is 129 Å². The van der Waals surface area contributed by atoms with Gasteiger partial charge in [0.25, 0.3) is 0 Å². The van der Waals surface area contributed by atoms with E-state index in [4.69, 9.17) is 5.73 Å². The number of rotatable bonds is 5. The van der Waals surface area contributed by atoms with Gasteiger partial charge in [0, 0.05) is 24.5 Å². The maximum Gasteiger partial charge on any atom is 0.0795 e.